The van der Waals surface area contributed by atoms with Gasteiger partial charge in [0.2, 0.25) is 0 Å². The lowest BCUT2D eigenvalue weighted by Crippen LogP contribution is -2.41. The molecule has 1 aliphatic heterocycles. The fourth-order valence-electron chi connectivity index (χ4n) is 2.61. The van der Waals surface area contributed by atoms with Crippen molar-refractivity contribution in [1.82, 2.24) is 14.7 Å². The van der Waals surface area contributed by atoms with E-state index in [4.69, 9.17) is 4.74 Å². The van der Waals surface area contributed by atoms with Gasteiger partial charge in [-0.25, -0.2) is 4.79 Å². The summed E-state index contributed by atoms with van der Waals surface area (Å²) in [7, 11) is 0. The van der Waals surface area contributed by atoms with E-state index < -0.39 is 5.60 Å². The Balaban J connectivity index is 1.77. The molecule has 0 unspecified atom stereocenters. The van der Waals surface area contributed by atoms with Crippen molar-refractivity contribution in [2.24, 2.45) is 0 Å². The average molecular weight is 313 g/mol. The number of aryl methyl sites for hydroxylation is 1. The van der Waals surface area contributed by atoms with Crippen molar-refractivity contribution >= 4 is 6.09 Å². The third-order valence-corrected chi connectivity index (χ3v) is 3.80. The number of hydrogen-bond donors (Lipinski definition) is 0. The molecule has 1 aromatic carbocycles. The minimum absolute atomic E-state index is 0.262. The van der Waals surface area contributed by atoms with Crippen LogP contribution < -0.4 is 0 Å². The van der Waals surface area contributed by atoms with Gasteiger partial charge in [-0.3, -0.25) is 4.68 Å². The van der Waals surface area contributed by atoms with E-state index in [-0.39, 0.29) is 6.09 Å². The first-order valence-electron chi connectivity index (χ1n) is 7.93. The molecule has 0 radical (unpaired) electrons. The highest BCUT2D eigenvalue weighted by molar-refractivity contribution is 5.68. The summed E-state index contributed by atoms with van der Waals surface area (Å²) in [4.78, 5) is 13.9. The van der Waals surface area contributed by atoms with Crippen LogP contribution in [0.5, 0.6) is 0 Å². The van der Waals surface area contributed by atoms with Crippen molar-refractivity contribution in [3.8, 4) is 11.3 Å². The Morgan fingerprint density at radius 3 is 2.52 bits per heavy atom. The van der Waals surface area contributed by atoms with Crippen molar-refractivity contribution in [3.05, 3.63) is 41.6 Å². The summed E-state index contributed by atoms with van der Waals surface area (Å²) in [6.07, 6.45) is -0.262. The third-order valence-electron chi connectivity index (χ3n) is 3.80. The number of fused-ring (bicyclic) bond motifs is 1. The molecule has 0 atom stereocenters. The highest BCUT2D eigenvalue weighted by Gasteiger charge is 2.26. The third kappa shape index (κ3) is 3.55. The number of amides is 1. The normalized spacial score (nSPS) is 14.5. The maximum absolute atomic E-state index is 12.2. The largest absolute Gasteiger partial charge is 0.444 e. The molecule has 0 fully saturated rings. The van der Waals surface area contributed by atoms with Crippen LogP contribution in [0.15, 0.2) is 30.3 Å². The van der Waals surface area contributed by atoms with E-state index in [2.05, 4.69) is 42.4 Å². The van der Waals surface area contributed by atoms with Gasteiger partial charge in [-0.1, -0.05) is 29.8 Å². The van der Waals surface area contributed by atoms with Gasteiger partial charge in [0.05, 0.1) is 24.5 Å². The Labute approximate surface area is 136 Å². The van der Waals surface area contributed by atoms with Gasteiger partial charge in [0.25, 0.3) is 0 Å². The van der Waals surface area contributed by atoms with Crippen molar-refractivity contribution < 1.29 is 9.53 Å². The predicted molar refractivity (Wildman–Crippen MR) is 89.0 cm³/mol. The number of rotatable bonds is 1. The van der Waals surface area contributed by atoms with Crippen LogP contribution in [0.4, 0.5) is 4.79 Å². The summed E-state index contributed by atoms with van der Waals surface area (Å²) in [5.74, 6) is 0. The van der Waals surface area contributed by atoms with Crippen LogP contribution in [0.25, 0.3) is 11.3 Å². The lowest BCUT2D eigenvalue weighted by atomic mass is 10.1. The highest BCUT2D eigenvalue weighted by Crippen LogP contribution is 2.23. The van der Waals surface area contributed by atoms with Crippen LogP contribution in [0.3, 0.4) is 0 Å². The number of carbonyl (C=O) groups excluding carboxylic acids is 1. The Morgan fingerprint density at radius 2 is 1.87 bits per heavy atom. The second-order valence-electron chi connectivity index (χ2n) is 7.01. The topological polar surface area (TPSA) is 47.4 Å². The lowest BCUT2D eigenvalue weighted by Gasteiger charge is -2.30. The van der Waals surface area contributed by atoms with Gasteiger partial charge in [0, 0.05) is 12.1 Å². The summed E-state index contributed by atoms with van der Waals surface area (Å²) < 4.78 is 7.44. The summed E-state index contributed by atoms with van der Waals surface area (Å²) in [6.45, 7) is 9.57. The molecule has 2 aromatic rings. The number of nitrogens with zero attached hydrogens (tertiary/aromatic N) is 3. The van der Waals surface area contributed by atoms with Crippen LogP contribution in [0.1, 0.15) is 32.0 Å². The number of ether oxygens (including phenoxy) is 1. The van der Waals surface area contributed by atoms with Gasteiger partial charge in [-0.05, 0) is 33.8 Å². The van der Waals surface area contributed by atoms with E-state index >= 15 is 0 Å². The van der Waals surface area contributed by atoms with E-state index in [1.165, 1.54) is 5.56 Å². The molecule has 0 bridgehead atoms. The second kappa shape index (κ2) is 5.72. The first kappa shape index (κ1) is 15.6. The summed E-state index contributed by atoms with van der Waals surface area (Å²) in [5.41, 5.74) is 3.85. The zero-order valence-corrected chi connectivity index (χ0v) is 14.2. The van der Waals surface area contributed by atoms with E-state index in [9.17, 15) is 4.79 Å². The van der Waals surface area contributed by atoms with Crippen LogP contribution in [-0.4, -0.2) is 32.9 Å². The second-order valence-corrected chi connectivity index (χ2v) is 7.01. The standard InChI is InChI=1S/C18H23N3O2/c1-13-5-7-14(8-6-13)16-11-15-12-20(9-10-21(15)19-16)17(22)23-18(2,3)4/h5-8,11H,9-10,12H2,1-4H3. The molecule has 0 aliphatic carbocycles. The SMILES string of the molecule is Cc1ccc(-c2cc3n(n2)CCN(C(=O)OC(C)(C)C)C3)cc1. The summed E-state index contributed by atoms with van der Waals surface area (Å²) in [5, 5.41) is 4.66. The molecule has 0 spiro atoms. The van der Waals surface area contributed by atoms with E-state index in [0.717, 1.165) is 17.0 Å². The molecule has 0 saturated carbocycles. The van der Waals surface area contributed by atoms with E-state index in [0.29, 0.717) is 19.6 Å². The van der Waals surface area contributed by atoms with Crippen molar-refractivity contribution in [2.75, 3.05) is 6.54 Å². The zero-order chi connectivity index (χ0) is 16.6. The van der Waals surface area contributed by atoms with Crippen molar-refractivity contribution in [1.29, 1.82) is 0 Å². The zero-order valence-electron chi connectivity index (χ0n) is 14.2. The van der Waals surface area contributed by atoms with Gasteiger partial charge in [-0.15, -0.1) is 0 Å². The fourth-order valence-corrected chi connectivity index (χ4v) is 2.61. The molecule has 1 amide bonds. The summed E-state index contributed by atoms with van der Waals surface area (Å²) >= 11 is 0. The molecule has 5 heteroatoms. The molecule has 0 saturated heterocycles. The van der Waals surface area contributed by atoms with Crippen LogP contribution in [0.2, 0.25) is 0 Å². The van der Waals surface area contributed by atoms with E-state index in [1.807, 2.05) is 25.5 Å². The number of aromatic nitrogens is 2. The van der Waals surface area contributed by atoms with Gasteiger partial charge < -0.3 is 9.64 Å². The van der Waals surface area contributed by atoms with Gasteiger partial charge in [0.1, 0.15) is 5.60 Å². The lowest BCUT2D eigenvalue weighted by molar-refractivity contribution is 0.0194. The quantitative estimate of drug-likeness (QED) is 0.808. The molecule has 122 valence electrons. The molecule has 2 heterocycles. The van der Waals surface area contributed by atoms with Gasteiger partial charge in [-0.2, -0.15) is 5.10 Å². The minimum atomic E-state index is -0.470. The van der Waals surface area contributed by atoms with Gasteiger partial charge in [0.15, 0.2) is 0 Å². The van der Waals surface area contributed by atoms with Crippen LogP contribution in [0, 0.1) is 6.92 Å². The molecule has 23 heavy (non-hydrogen) atoms. The fraction of sp³-hybridized carbons (Fsp3) is 0.444. The monoisotopic (exact) mass is 313 g/mol. The Morgan fingerprint density at radius 1 is 1.17 bits per heavy atom. The molecule has 1 aliphatic rings. The molecular weight excluding hydrogens is 290 g/mol. The molecule has 1 aromatic heterocycles. The maximum Gasteiger partial charge on any atom is 0.410 e. The highest BCUT2D eigenvalue weighted by atomic mass is 16.6. The summed E-state index contributed by atoms with van der Waals surface area (Å²) in [6, 6.07) is 10.4. The molecule has 3 rings (SSSR count). The predicted octanol–water partition coefficient (Wildman–Crippen LogP) is 3.61. The van der Waals surface area contributed by atoms with Crippen LogP contribution in [-0.2, 0) is 17.8 Å². The van der Waals surface area contributed by atoms with Gasteiger partial charge >= 0.3 is 6.09 Å². The molecular formula is C18H23N3O2. The average Bonchev–Trinajstić information content (AvgIpc) is 2.89. The number of benzene rings is 1. The molecule has 0 N–H and O–H groups in total. The van der Waals surface area contributed by atoms with Crippen molar-refractivity contribution in [2.45, 2.75) is 46.4 Å². The van der Waals surface area contributed by atoms with Crippen LogP contribution >= 0.6 is 0 Å². The number of hydrogen-bond acceptors (Lipinski definition) is 3. The first-order chi connectivity index (χ1) is 10.8. The van der Waals surface area contributed by atoms with Crippen molar-refractivity contribution in [3.63, 3.8) is 0 Å². The van der Waals surface area contributed by atoms with E-state index in [1.54, 1.807) is 4.90 Å². The minimum Gasteiger partial charge on any atom is -0.444 e. The Kier molecular flexibility index (Phi) is 3.88. The maximum atomic E-state index is 12.2. The Bertz CT molecular complexity index is 711. The Hall–Kier alpha value is -2.30. The number of carbonyl (C=O) groups is 1. The molecule has 5 nitrogen and oxygen atoms in total. The smallest absolute Gasteiger partial charge is 0.410 e. The first-order valence-corrected chi connectivity index (χ1v) is 7.93.